The molecule has 0 aliphatic rings. The number of phenols is 2. The molecule has 0 heterocycles. The second-order valence-electron chi connectivity index (χ2n) is 4.76. The molecule has 4 heteroatoms. The molecule has 0 bridgehead atoms. The van der Waals surface area contributed by atoms with Crippen molar-refractivity contribution < 1.29 is 10.2 Å². The highest BCUT2D eigenvalue weighted by Gasteiger charge is 2.02. The lowest BCUT2D eigenvalue weighted by atomic mass is 10.1. The number of rotatable bonds is 4. The second-order valence-corrected chi connectivity index (χ2v) is 4.76. The van der Waals surface area contributed by atoms with E-state index in [1.54, 1.807) is 48.8 Å². The van der Waals surface area contributed by atoms with Crippen molar-refractivity contribution in [2.24, 2.45) is 9.98 Å². The summed E-state index contributed by atoms with van der Waals surface area (Å²) in [6.45, 7) is 3.64. The van der Waals surface area contributed by atoms with E-state index in [0.717, 1.165) is 0 Å². The standard InChI is InChI=1S/C18H18N2O2/c1-13(15-7-3-5-9-17(15)21)19-11-12-20-14(2)16-8-4-6-10-18(16)22/h3-12,21-22H,1-2H3/b12-11-,19-13?,20-14?. The minimum absolute atomic E-state index is 0.200. The molecule has 0 aliphatic heterocycles. The molecule has 0 fully saturated rings. The summed E-state index contributed by atoms with van der Waals surface area (Å²) in [5.74, 6) is 0.400. The highest BCUT2D eigenvalue weighted by atomic mass is 16.3. The molecule has 0 atom stereocenters. The molecule has 0 aliphatic carbocycles. The van der Waals surface area contributed by atoms with Crippen LogP contribution in [-0.2, 0) is 0 Å². The first kappa shape index (κ1) is 15.5. The number of nitrogens with zero attached hydrogens (tertiary/aromatic N) is 2. The zero-order valence-electron chi connectivity index (χ0n) is 12.6. The largest absolute Gasteiger partial charge is 0.507 e. The van der Waals surface area contributed by atoms with Crippen LogP contribution in [0.4, 0.5) is 0 Å². The molecule has 0 amide bonds. The van der Waals surface area contributed by atoms with Crippen molar-refractivity contribution in [1.29, 1.82) is 0 Å². The van der Waals surface area contributed by atoms with Crippen LogP contribution < -0.4 is 0 Å². The van der Waals surface area contributed by atoms with Gasteiger partial charge in [-0.2, -0.15) is 0 Å². The molecule has 2 rings (SSSR count). The summed E-state index contributed by atoms with van der Waals surface area (Å²) in [4.78, 5) is 8.50. The lowest BCUT2D eigenvalue weighted by molar-refractivity contribution is 0.473. The van der Waals surface area contributed by atoms with E-state index in [1.165, 1.54) is 0 Å². The molecular formula is C18H18N2O2. The molecule has 0 unspecified atom stereocenters. The number of benzene rings is 2. The summed E-state index contributed by atoms with van der Waals surface area (Å²) in [5.41, 5.74) is 2.77. The fourth-order valence-electron chi connectivity index (χ4n) is 1.99. The maximum absolute atomic E-state index is 9.74. The fraction of sp³-hybridized carbons (Fsp3) is 0.111. The molecule has 2 aromatic rings. The Balaban J connectivity index is 2.13. The van der Waals surface area contributed by atoms with Gasteiger partial charge in [0.2, 0.25) is 0 Å². The maximum Gasteiger partial charge on any atom is 0.124 e. The molecule has 2 N–H and O–H groups in total. The second kappa shape index (κ2) is 7.22. The average Bonchev–Trinajstić information content (AvgIpc) is 2.52. The van der Waals surface area contributed by atoms with Gasteiger partial charge in [0.25, 0.3) is 0 Å². The fourth-order valence-corrected chi connectivity index (χ4v) is 1.99. The zero-order valence-corrected chi connectivity index (χ0v) is 12.6. The SMILES string of the molecule is CC(=N/C=C\N=C(C)c1ccccc1O)c1ccccc1O. The molecule has 0 saturated carbocycles. The van der Waals surface area contributed by atoms with Crippen LogP contribution in [0.1, 0.15) is 25.0 Å². The number of aromatic hydroxyl groups is 2. The Bertz CT molecular complexity index is 683. The van der Waals surface area contributed by atoms with E-state index < -0.39 is 0 Å². The van der Waals surface area contributed by atoms with E-state index in [1.807, 2.05) is 26.0 Å². The normalized spacial score (nSPS) is 12.8. The van der Waals surface area contributed by atoms with Gasteiger partial charge in [0, 0.05) is 35.0 Å². The monoisotopic (exact) mass is 294 g/mol. The van der Waals surface area contributed by atoms with E-state index in [0.29, 0.717) is 22.6 Å². The molecule has 0 saturated heterocycles. The molecular weight excluding hydrogens is 276 g/mol. The lowest BCUT2D eigenvalue weighted by Crippen LogP contribution is -1.94. The van der Waals surface area contributed by atoms with Gasteiger partial charge >= 0.3 is 0 Å². The van der Waals surface area contributed by atoms with Crippen molar-refractivity contribution in [3.05, 3.63) is 72.1 Å². The minimum atomic E-state index is 0.200. The van der Waals surface area contributed by atoms with Crippen LogP contribution in [-0.4, -0.2) is 21.6 Å². The van der Waals surface area contributed by atoms with Gasteiger partial charge in [-0.3, -0.25) is 9.98 Å². The highest BCUT2D eigenvalue weighted by molar-refractivity contribution is 6.02. The topological polar surface area (TPSA) is 65.2 Å². The molecule has 0 spiro atoms. The van der Waals surface area contributed by atoms with E-state index >= 15 is 0 Å². The van der Waals surface area contributed by atoms with E-state index in [-0.39, 0.29) is 11.5 Å². The van der Waals surface area contributed by atoms with E-state index in [9.17, 15) is 10.2 Å². The maximum atomic E-state index is 9.74. The van der Waals surface area contributed by atoms with Crippen LogP contribution in [0, 0.1) is 0 Å². The quantitative estimate of drug-likeness (QED) is 0.840. The van der Waals surface area contributed by atoms with Crippen LogP contribution in [0.2, 0.25) is 0 Å². The smallest absolute Gasteiger partial charge is 0.124 e. The third-order valence-corrected chi connectivity index (χ3v) is 3.19. The first-order valence-corrected chi connectivity index (χ1v) is 6.90. The first-order chi connectivity index (χ1) is 10.6. The Morgan fingerprint density at radius 3 is 1.45 bits per heavy atom. The summed E-state index contributed by atoms with van der Waals surface area (Å²) >= 11 is 0. The Morgan fingerprint density at radius 1 is 0.727 bits per heavy atom. The van der Waals surface area contributed by atoms with Crippen LogP contribution in [0.25, 0.3) is 0 Å². The summed E-state index contributed by atoms with van der Waals surface area (Å²) in [5, 5.41) is 19.5. The number of hydrogen-bond acceptors (Lipinski definition) is 4. The van der Waals surface area contributed by atoms with Crippen molar-refractivity contribution in [2.75, 3.05) is 0 Å². The van der Waals surface area contributed by atoms with Gasteiger partial charge in [0.15, 0.2) is 0 Å². The van der Waals surface area contributed by atoms with Gasteiger partial charge in [-0.1, -0.05) is 24.3 Å². The van der Waals surface area contributed by atoms with Crippen LogP contribution in [0.15, 0.2) is 70.9 Å². The molecule has 4 nitrogen and oxygen atoms in total. The van der Waals surface area contributed by atoms with Crippen LogP contribution in [0.5, 0.6) is 11.5 Å². The molecule has 22 heavy (non-hydrogen) atoms. The summed E-state index contributed by atoms with van der Waals surface area (Å²) in [6.07, 6.45) is 3.12. The zero-order chi connectivity index (χ0) is 15.9. The molecule has 2 aromatic carbocycles. The van der Waals surface area contributed by atoms with Crippen LogP contribution in [0.3, 0.4) is 0 Å². The van der Waals surface area contributed by atoms with Gasteiger partial charge in [-0.05, 0) is 38.1 Å². The lowest BCUT2D eigenvalue weighted by Gasteiger charge is -2.02. The Labute approximate surface area is 129 Å². The summed E-state index contributed by atoms with van der Waals surface area (Å²) < 4.78 is 0. The van der Waals surface area contributed by atoms with Gasteiger partial charge in [0.1, 0.15) is 11.5 Å². The average molecular weight is 294 g/mol. The van der Waals surface area contributed by atoms with E-state index in [4.69, 9.17) is 0 Å². The summed E-state index contributed by atoms with van der Waals surface area (Å²) in [6, 6.07) is 14.1. The molecule has 0 aromatic heterocycles. The number of phenolic OH excluding ortho intramolecular Hbond substituents is 2. The van der Waals surface area contributed by atoms with Crippen molar-refractivity contribution >= 4 is 11.4 Å². The van der Waals surface area contributed by atoms with Gasteiger partial charge < -0.3 is 10.2 Å². The van der Waals surface area contributed by atoms with Gasteiger partial charge in [-0.25, -0.2) is 0 Å². The van der Waals surface area contributed by atoms with Crippen molar-refractivity contribution in [3.8, 4) is 11.5 Å². The highest BCUT2D eigenvalue weighted by Crippen LogP contribution is 2.17. The predicted octanol–water partition coefficient (Wildman–Crippen LogP) is 3.89. The first-order valence-electron chi connectivity index (χ1n) is 6.90. The number of aliphatic imine (C=N–C) groups is 2. The van der Waals surface area contributed by atoms with Crippen molar-refractivity contribution in [2.45, 2.75) is 13.8 Å². The van der Waals surface area contributed by atoms with E-state index in [2.05, 4.69) is 9.98 Å². The Kier molecular flexibility index (Phi) is 5.09. The van der Waals surface area contributed by atoms with Gasteiger partial charge in [-0.15, -0.1) is 0 Å². The third-order valence-electron chi connectivity index (χ3n) is 3.19. The minimum Gasteiger partial charge on any atom is -0.507 e. The Hall–Kier alpha value is -2.88. The number of para-hydroxylation sites is 2. The predicted molar refractivity (Wildman–Crippen MR) is 89.8 cm³/mol. The summed E-state index contributed by atoms with van der Waals surface area (Å²) in [7, 11) is 0. The van der Waals surface area contributed by atoms with Crippen molar-refractivity contribution in [1.82, 2.24) is 0 Å². The molecule has 0 radical (unpaired) electrons. The van der Waals surface area contributed by atoms with Crippen molar-refractivity contribution in [3.63, 3.8) is 0 Å². The third kappa shape index (κ3) is 3.82. The number of hydrogen-bond donors (Lipinski definition) is 2. The van der Waals surface area contributed by atoms with Crippen LogP contribution >= 0.6 is 0 Å². The Morgan fingerprint density at radius 2 is 1.09 bits per heavy atom. The molecule has 112 valence electrons. The van der Waals surface area contributed by atoms with Gasteiger partial charge in [0.05, 0.1) is 0 Å².